The van der Waals surface area contributed by atoms with Crippen molar-refractivity contribution in [2.75, 3.05) is 4.90 Å². The van der Waals surface area contributed by atoms with E-state index in [2.05, 4.69) is 15.9 Å². The lowest BCUT2D eigenvalue weighted by molar-refractivity contribution is -0.117. The first-order valence-electron chi connectivity index (χ1n) is 11.2. The highest BCUT2D eigenvalue weighted by molar-refractivity contribution is 9.10. The molecule has 0 aliphatic carbocycles. The topological polar surface area (TPSA) is 70.8 Å². The highest BCUT2D eigenvalue weighted by Gasteiger charge is 2.46. The first-order valence-corrected chi connectivity index (χ1v) is 12.3. The van der Waals surface area contributed by atoms with E-state index >= 15 is 0 Å². The average Bonchev–Trinajstić information content (AvgIpc) is 3.41. The molecule has 1 unspecified atom stereocenters. The van der Waals surface area contributed by atoms with Crippen molar-refractivity contribution in [3.05, 3.63) is 123 Å². The molecule has 0 saturated heterocycles. The zero-order chi connectivity index (χ0) is 25.0. The molecule has 176 valence electrons. The summed E-state index contributed by atoms with van der Waals surface area (Å²) in [6.07, 6.45) is 0. The van der Waals surface area contributed by atoms with Crippen molar-refractivity contribution in [3.8, 4) is 0 Å². The fraction of sp³-hybridized carbons (Fsp3) is 0.0345. The van der Waals surface area contributed by atoms with Crippen LogP contribution in [0, 0.1) is 0 Å². The molecule has 1 N–H and O–H groups in total. The van der Waals surface area contributed by atoms with Crippen molar-refractivity contribution in [2.24, 2.45) is 0 Å². The van der Waals surface area contributed by atoms with Gasteiger partial charge in [0.2, 0.25) is 5.78 Å². The molecule has 4 aromatic carbocycles. The Labute approximate surface area is 219 Å². The lowest BCUT2D eigenvalue weighted by Crippen LogP contribution is -2.31. The second kappa shape index (κ2) is 8.66. The Balaban J connectivity index is 1.57. The van der Waals surface area contributed by atoms with E-state index in [4.69, 9.17) is 16.0 Å². The van der Waals surface area contributed by atoms with Crippen LogP contribution >= 0.6 is 27.5 Å². The number of carbonyl (C=O) groups excluding carboxylic acids is 2. The fourth-order valence-corrected chi connectivity index (χ4v) is 5.33. The van der Waals surface area contributed by atoms with Gasteiger partial charge in [0, 0.05) is 20.6 Å². The van der Waals surface area contributed by atoms with Gasteiger partial charge in [-0.1, -0.05) is 76.1 Å². The van der Waals surface area contributed by atoms with E-state index in [0.29, 0.717) is 21.9 Å². The second-order valence-electron chi connectivity index (χ2n) is 8.51. The molecule has 1 aromatic heterocycles. The number of ketones is 1. The van der Waals surface area contributed by atoms with Gasteiger partial charge in [0.1, 0.15) is 5.58 Å². The largest absolute Gasteiger partial charge is 0.503 e. The van der Waals surface area contributed by atoms with Gasteiger partial charge in [-0.15, -0.1) is 0 Å². The SMILES string of the molecule is O=C(C1=C(O)C(=O)N(c2cccc(Cl)c2)C1c1cccc2ccccc12)c1cc2cc(Br)ccc2o1. The minimum atomic E-state index is -0.894. The summed E-state index contributed by atoms with van der Waals surface area (Å²) in [6.45, 7) is 0. The van der Waals surface area contributed by atoms with E-state index < -0.39 is 23.5 Å². The van der Waals surface area contributed by atoms with E-state index in [1.165, 1.54) is 4.90 Å². The first-order chi connectivity index (χ1) is 17.4. The van der Waals surface area contributed by atoms with Gasteiger partial charge in [0.25, 0.3) is 5.91 Å². The van der Waals surface area contributed by atoms with Crippen molar-refractivity contribution in [1.82, 2.24) is 0 Å². The number of amides is 1. The molecule has 0 fully saturated rings. The third-order valence-corrected chi connectivity index (χ3v) is 7.09. The molecule has 1 aliphatic rings. The first kappa shape index (κ1) is 22.6. The molecule has 0 bridgehead atoms. The molecule has 0 spiro atoms. The van der Waals surface area contributed by atoms with Gasteiger partial charge < -0.3 is 9.52 Å². The number of aliphatic hydroxyl groups excluding tert-OH is 1. The van der Waals surface area contributed by atoms with Crippen LogP contribution in [0.4, 0.5) is 5.69 Å². The van der Waals surface area contributed by atoms with Crippen molar-refractivity contribution < 1.29 is 19.1 Å². The van der Waals surface area contributed by atoms with E-state index in [1.54, 1.807) is 36.4 Å². The van der Waals surface area contributed by atoms with Crippen LogP contribution in [0.5, 0.6) is 0 Å². The Morgan fingerprint density at radius 1 is 0.917 bits per heavy atom. The van der Waals surface area contributed by atoms with Gasteiger partial charge in [-0.05, 0) is 58.8 Å². The fourth-order valence-electron chi connectivity index (χ4n) is 4.77. The number of nitrogens with zero attached hydrogens (tertiary/aromatic N) is 1. The highest BCUT2D eigenvalue weighted by atomic mass is 79.9. The maximum Gasteiger partial charge on any atom is 0.294 e. The molecular weight excluding hydrogens is 542 g/mol. The average molecular weight is 559 g/mol. The number of carbonyl (C=O) groups is 2. The van der Waals surface area contributed by atoms with Gasteiger partial charge in [-0.25, -0.2) is 0 Å². The Bertz CT molecular complexity index is 1730. The molecule has 0 saturated carbocycles. The summed E-state index contributed by atoms with van der Waals surface area (Å²) in [5, 5.41) is 14.1. The standard InChI is InChI=1S/C29H17BrClNO4/c30-18-11-12-23-17(13-18)14-24(36-23)27(33)25-26(22-10-3-6-16-5-1-2-9-21(16)22)32(29(35)28(25)34)20-8-4-7-19(31)15-20/h1-15,26,34H. The van der Waals surface area contributed by atoms with E-state index in [9.17, 15) is 14.7 Å². The lowest BCUT2D eigenvalue weighted by Gasteiger charge is -2.28. The number of rotatable bonds is 4. The summed E-state index contributed by atoms with van der Waals surface area (Å²) in [5.74, 6) is -1.82. The van der Waals surface area contributed by atoms with Crippen LogP contribution in [0.15, 0.2) is 111 Å². The van der Waals surface area contributed by atoms with Gasteiger partial charge in [-0.3, -0.25) is 14.5 Å². The normalized spacial score (nSPS) is 15.9. The summed E-state index contributed by atoms with van der Waals surface area (Å²) < 4.78 is 6.69. The van der Waals surface area contributed by atoms with Gasteiger partial charge in [-0.2, -0.15) is 0 Å². The summed E-state index contributed by atoms with van der Waals surface area (Å²) in [6, 6.07) is 26.3. The van der Waals surface area contributed by atoms with Crippen LogP contribution in [0.3, 0.4) is 0 Å². The monoisotopic (exact) mass is 557 g/mol. The van der Waals surface area contributed by atoms with Crippen LogP contribution < -0.4 is 4.90 Å². The quantitative estimate of drug-likeness (QED) is 0.229. The summed E-state index contributed by atoms with van der Waals surface area (Å²) in [5.41, 5.74) is 1.65. The zero-order valence-electron chi connectivity index (χ0n) is 18.6. The van der Waals surface area contributed by atoms with Crippen molar-refractivity contribution in [1.29, 1.82) is 0 Å². The zero-order valence-corrected chi connectivity index (χ0v) is 21.0. The van der Waals surface area contributed by atoms with Crippen LogP contribution in [0.2, 0.25) is 5.02 Å². The predicted molar refractivity (Wildman–Crippen MR) is 144 cm³/mol. The third kappa shape index (κ3) is 3.61. The maximum atomic E-state index is 13.9. The predicted octanol–water partition coefficient (Wildman–Crippen LogP) is 7.78. The minimum Gasteiger partial charge on any atom is -0.503 e. The smallest absolute Gasteiger partial charge is 0.294 e. The number of aliphatic hydroxyl groups is 1. The Morgan fingerprint density at radius 3 is 2.53 bits per heavy atom. The minimum absolute atomic E-state index is 0.0376. The van der Waals surface area contributed by atoms with E-state index in [1.807, 2.05) is 54.6 Å². The number of hydrogen-bond donors (Lipinski definition) is 1. The number of benzene rings is 4. The highest BCUT2D eigenvalue weighted by Crippen LogP contribution is 2.44. The van der Waals surface area contributed by atoms with Crippen LogP contribution in [-0.4, -0.2) is 16.8 Å². The number of Topliss-reactive ketones (excluding diaryl/α,β-unsaturated/α-hetero) is 1. The number of furan rings is 1. The Kier molecular flexibility index (Phi) is 5.43. The van der Waals surface area contributed by atoms with Crippen LogP contribution in [0.25, 0.3) is 21.7 Å². The number of fused-ring (bicyclic) bond motifs is 2. The molecule has 36 heavy (non-hydrogen) atoms. The molecular formula is C29H17BrClNO4. The number of anilines is 1. The lowest BCUT2D eigenvalue weighted by atomic mass is 9.91. The molecule has 5 aromatic rings. The van der Waals surface area contributed by atoms with E-state index in [0.717, 1.165) is 20.6 Å². The molecule has 5 nitrogen and oxygen atoms in total. The van der Waals surface area contributed by atoms with Crippen LogP contribution in [-0.2, 0) is 4.79 Å². The number of hydrogen-bond acceptors (Lipinski definition) is 4. The summed E-state index contributed by atoms with van der Waals surface area (Å²) in [7, 11) is 0. The molecule has 1 amide bonds. The molecule has 1 aliphatic heterocycles. The third-order valence-electron chi connectivity index (χ3n) is 6.36. The second-order valence-corrected chi connectivity index (χ2v) is 9.86. The van der Waals surface area contributed by atoms with Crippen LogP contribution in [0.1, 0.15) is 22.2 Å². The van der Waals surface area contributed by atoms with Gasteiger partial charge >= 0.3 is 0 Å². The molecule has 2 heterocycles. The maximum absolute atomic E-state index is 13.9. The van der Waals surface area contributed by atoms with E-state index in [-0.39, 0.29) is 11.3 Å². The molecule has 6 rings (SSSR count). The summed E-state index contributed by atoms with van der Waals surface area (Å²) in [4.78, 5) is 28.8. The molecule has 0 radical (unpaired) electrons. The molecule has 7 heteroatoms. The van der Waals surface area contributed by atoms with Crippen molar-refractivity contribution in [2.45, 2.75) is 6.04 Å². The summed E-state index contributed by atoms with van der Waals surface area (Å²) >= 11 is 9.68. The Morgan fingerprint density at radius 2 is 1.69 bits per heavy atom. The van der Waals surface area contributed by atoms with Crippen molar-refractivity contribution >= 4 is 66.7 Å². The van der Waals surface area contributed by atoms with Gasteiger partial charge in [0.15, 0.2) is 11.5 Å². The van der Waals surface area contributed by atoms with Crippen molar-refractivity contribution in [3.63, 3.8) is 0 Å². The number of halogens is 2. The molecule has 1 atom stereocenters. The van der Waals surface area contributed by atoms with Gasteiger partial charge in [0.05, 0.1) is 11.6 Å². The Hall–Kier alpha value is -3.87.